The monoisotopic (exact) mass is 354 g/mol. The van der Waals surface area contributed by atoms with Crippen LogP contribution < -0.4 is 0 Å². The number of likely N-dealkylation sites (tertiary alicyclic amines) is 1. The molecule has 3 aromatic rings. The minimum absolute atomic E-state index is 0.107. The van der Waals surface area contributed by atoms with Gasteiger partial charge in [0.15, 0.2) is 5.78 Å². The maximum absolute atomic E-state index is 12.6. The molecule has 1 saturated heterocycles. The van der Waals surface area contributed by atoms with E-state index in [1.54, 1.807) is 12.1 Å². The van der Waals surface area contributed by atoms with E-state index in [9.17, 15) is 4.79 Å². The summed E-state index contributed by atoms with van der Waals surface area (Å²) in [5, 5.41) is 11.5. The van der Waals surface area contributed by atoms with Gasteiger partial charge in [0.25, 0.3) is 0 Å². The van der Waals surface area contributed by atoms with E-state index < -0.39 is 0 Å². The van der Waals surface area contributed by atoms with E-state index in [4.69, 9.17) is 11.6 Å². The maximum Gasteiger partial charge on any atom is 0.166 e. The van der Waals surface area contributed by atoms with E-state index in [0.717, 1.165) is 49.1 Å². The number of ketones is 1. The molecule has 0 amide bonds. The van der Waals surface area contributed by atoms with Crippen LogP contribution >= 0.6 is 11.6 Å². The summed E-state index contributed by atoms with van der Waals surface area (Å²) in [5.74, 6) is 0.343. The number of nitrogens with one attached hydrogen (secondary N) is 1. The van der Waals surface area contributed by atoms with Crippen LogP contribution in [0.3, 0.4) is 0 Å². The van der Waals surface area contributed by atoms with Gasteiger partial charge in [0.1, 0.15) is 11.0 Å². The van der Waals surface area contributed by atoms with E-state index in [-0.39, 0.29) is 11.7 Å². The zero-order chi connectivity index (χ0) is 17.2. The molecule has 1 aliphatic heterocycles. The van der Waals surface area contributed by atoms with Gasteiger partial charge in [-0.1, -0.05) is 17.7 Å². The van der Waals surface area contributed by atoms with Gasteiger partial charge in [-0.15, -0.1) is 0 Å². The lowest BCUT2D eigenvalue weighted by atomic mass is 9.89. The lowest BCUT2D eigenvalue weighted by Crippen LogP contribution is -2.35. The van der Waals surface area contributed by atoms with Crippen LogP contribution in [0.25, 0.3) is 11.0 Å². The number of fused-ring (bicyclic) bond motifs is 1. The summed E-state index contributed by atoms with van der Waals surface area (Å²) in [6.07, 6.45) is 1.79. The highest BCUT2D eigenvalue weighted by Crippen LogP contribution is 2.24. The molecule has 2 heterocycles. The molecule has 2 aromatic carbocycles. The van der Waals surface area contributed by atoms with Gasteiger partial charge in [0.2, 0.25) is 0 Å². The molecule has 0 aliphatic carbocycles. The highest BCUT2D eigenvalue weighted by Gasteiger charge is 2.25. The Labute approximate surface area is 151 Å². The molecule has 6 heteroatoms. The molecule has 5 nitrogen and oxygen atoms in total. The predicted molar refractivity (Wildman–Crippen MR) is 97.7 cm³/mol. The van der Waals surface area contributed by atoms with Crippen molar-refractivity contribution in [3.8, 4) is 0 Å². The van der Waals surface area contributed by atoms with Crippen LogP contribution in [0.1, 0.15) is 28.8 Å². The standard InChI is InChI=1S/C19H19ClN4O/c20-16-4-2-14(3-5-16)19(25)15-7-9-24(10-8-15)12-13-1-6-17-18(11-13)22-23-21-17/h1-6,11,15H,7-10,12H2,(H,21,22,23). The number of carbonyl (C=O) groups is 1. The molecule has 1 N–H and O–H groups in total. The summed E-state index contributed by atoms with van der Waals surface area (Å²) >= 11 is 5.90. The van der Waals surface area contributed by atoms with Crippen LogP contribution in [0.5, 0.6) is 0 Å². The number of hydrogen-bond donors (Lipinski definition) is 1. The molecule has 0 atom stereocenters. The van der Waals surface area contributed by atoms with Gasteiger partial charge in [-0.25, -0.2) is 0 Å². The number of Topliss-reactive ketones (excluding diaryl/α,β-unsaturated/α-hetero) is 1. The van der Waals surface area contributed by atoms with Crippen molar-refractivity contribution in [3.05, 3.63) is 58.6 Å². The van der Waals surface area contributed by atoms with Gasteiger partial charge in [-0.2, -0.15) is 15.4 Å². The SMILES string of the molecule is O=C(c1ccc(Cl)cc1)C1CCN(Cc2ccc3n[nH]nc3c2)CC1. The molecule has 0 saturated carbocycles. The van der Waals surface area contributed by atoms with Crippen LogP contribution in [-0.2, 0) is 6.54 Å². The minimum Gasteiger partial charge on any atom is -0.299 e. The third-order valence-electron chi connectivity index (χ3n) is 4.87. The van der Waals surface area contributed by atoms with Crippen LogP contribution in [0, 0.1) is 5.92 Å². The molecule has 0 radical (unpaired) electrons. The fourth-order valence-electron chi connectivity index (χ4n) is 3.45. The molecule has 128 valence electrons. The van der Waals surface area contributed by atoms with Gasteiger partial charge in [-0.05, 0) is 67.9 Å². The molecule has 0 spiro atoms. The Hall–Kier alpha value is -2.24. The second-order valence-corrected chi connectivity index (χ2v) is 7.00. The van der Waals surface area contributed by atoms with Crippen molar-refractivity contribution < 1.29 is 4.79 Å². The number of nitrogens with zero attached hydrogens (tertiary/aromatic N) is 3. The number of H-pyrrole nitrogens is 1. The first-order valence-electron chi connectivity index (χ1n) is 8.50. The Morgan fingerprint density at radius 2 is 1.80 bits per heavy atom. The zero-order valence-electron chi connectivity index (χ0n) is 13.8. The Kier molecular flexibility index (Phi) is 4.51. The van der Waals surface area contributed by atoms with Crippen molar-refractivity contribution in [1.82, 2.24) is 20.3 Å². The number of aromatic nitrogens is 3. The Morgan fingerprint density at radius 3 is 2.56 bits per heavy atom. The largest absolute Gasteiger partial charge is 0.299 e. The van der Waals surface area contributed by atoms with E-state index in [1.807, 2.05) is 18.2 Å². The van der Waals surface area contributed by atoms with Crippen molar-refractivity contribution in [1.29, 1.82) is 0 Å². The number of benzene rings is 2. The summed E-state index contributed by atoms with van der Waals surface area (Å²) in [7, 11) is 0. The molecule has 25 heavy (non-hydrogen) atoms. The van der Waals surface area contributed by atoms with Crippen LogP contribution in [0.4, 0.5) is 0 Å². The van der Waals surface area contributed by atoms with Gasteiger partial charge in [0, 0.05) is 23.0 Å². The molecule has 4 rings (SSSR count). The van der Waals surface area contributed by atoms with Crippen LogP contribution in [0.15, 0.2) is 42.5 Å². The molecule has 1 aromatic heterocycles. The van der Waals surface area contributed by atoms with Crippen molar-refractivity contribution in [3.63, 3.8) is 0 Å². The first-order valence-corrected chi connectivity index (χ1v) is 8.88. The number of rotatable bonds is 4. The molecule has 0 unspecified atom stereocenters. The fraction of sp³-hybridized carbons (Fsp3) is 0.316. The smallest absolute Gasteiger partial charge is 0.166 e. The van der Waals surface area contributed by atoms with Gasteiger partial charge >= 0.3 is 0 Å². The Morgan fingerprint density at radius 1 is 1.08 bits per heavy atom. The van der Waals surface area contributed by atoms with Crippen molar-refractivity contribution in [2.75, 3.05) is 13.1 Å². The summed E-state index contributed by atoms with van der Waals surface area (Å²) in [6.45, 7) is 2.74. The first kappa shape index (κ1) is 16.2. The molecular weight excluding hydrogens is 336 g/mol. The number of aromatic amines is 1. The van der Waals surface area contributed by atoms with E-state index in [0.29, 0.717) is 5.02 Å². The third kappa shape index (κ3) is 3.57. The number of halogens is 1. The summed E-state index contributed by atoms with van der Waals surface area (Å²) in [4.78, 5) is 15.0. The Bertz CT molecular complexity index is 882. The normalized spacial score (nSPS) is 16.4. The van der Waals surface area contributed by atoms with E-state index in [1.165, 1.54) is 5.56 Å². The lowest BCUT2D eigenvalue weighted by Gasteiger charge is -2.31. The van der Waals surface area contributed by atoms with E-state index >= 15 is 0 Å². The maximum atomic E-state index is 12.6. The third-order valence-corrected chi connectivity index (χ3v) is 5.13. The number of carbonyl (C=O) groups excluding carboxylic acids is 1. The topological polar surface area (TPSA) is 61.9 Å². The second-order valence-electron chi connectivity index (χ2n) is 6.57. The Balaban J connectivity index is 1.36. The van der Waals surface area contributed by atoms with Crippen molar-refractivity contribution >= 4 is 28.4 Å². The molecular formula is C19H19ClN4O. The van der Waals surface area contributed by atoms with Crippen LogP contribution in [-0.4, -0.2) is 39.2 Å². The zero-order valence-corrected chi connectivity index (χ0v) is 14.5. The number of piperidine rings is 1. The van der Waals surface area contributed by atoms with Gasteiger partial charge in [-0.3, -0.25) is 9.69 Å². The average Bonchev–Trinajstić information content (AvgIpc) is 3.10. The van der Waals surface area contributed by atoms with Crippen molar-refractivity contribution in [2.24, 2.45) is 5.92 Å². The first-order chi connectivity index (χ1) is 12.2. The highest BCUT2D eigenvalue weighted by atomic mass is 35.5. The summed E-state index contributed by atoms with van der Waals surface area (Å²) in [6, 6.07) is 13.4. The quantitative estimate of drug-likeness (QED) is 0.725. The number of hydrogen-bond acceptors (Lipinski definition) is 4. The second kappa shape index (κ2) is 6.94. The highest BCUT2D eigenvalue weighted by molar-refractivity contribution is 6.30. The molecule has 1 aliphatic rings. The van der Waals surface area contributed by atoms with Gasteiger partial charge < -0.3 is 0 Å². The van der Waals surface area contributed by atoms with E-state index in [2.05, 4.69) is 32.4 Å². The van der Waals surface area contributed by atoms with Crippen LogP contribution in [0.2, 0.25) is 5.02 Å². The predicted octanol–water partition coefficient (Wildman–Crippen LogP) is 3.71. The minimum atomic E-state index is 0.107. The summed E-state index contributed by atoms with van der Waals surface area (Å²) in [5.41, 5.74) is 3.77. The summed E-state index contributed by atoms with van der Waals surface area (Å²) < 4.78 is 0. The average molecular weight is 355 g/mol. The van der Waals surface area contributed by atoms with Crippen molar-refractivity contribution in [2.45, 2.75) is 19.4 Å². The lowest BCUT2D eigenvalue weighted by molar-refractivity contribution is 0.0835. The molecule has 1 fully saturated rings. The van der Waals surface area contributed by atoms with Gasteiger partial charge in [0.05, 0.1) is 0 Å². The molecule has 0 bridgehead atoms. The fourth-order valence-corrected chi connectivity index (χ4v) is 3.57.